The van der Waals surface area contributed by atoms with E-state index >= 15 is 4.39 Å². The molecule has 13 heteroatoms. The highest BCUT2D eigenvalue weighted by atomic mass is 35.5. The number of rotatable bonds is 6. The van der Waals surface area contributed by atoms with Gasteiger partial charge in [0.15, 0.2) is 0 Å². The van der Waals surface area contributed by atoms with E-state index < -0.39 is 16.8 Å². The fourth-order valence-corrected chi connectivity index (χ4v) is 3.97. The van der Waals surface area contributed by atoms with E-state index in [1.807, 2.05) is 28.1 Å². The van der Waals surface area contributed by atoms with Gasteiger partial charge in [-0.1, -0.05) is 16.7 Å². The first-order chi connectivity index (χ1) is 14.8. The van der Waals surface area contributed by atoms with Gasteiger partial charge in [0.25, 0.3) is 5.91 Å². The molecule has 0 bridgehead atoms. The van der Waals surface area contributed by atoms with Crippen molar-refractivity contribution in [2.45, 2.75) is 35.5 Å². The van der Waals surface area contributed by atoms with Gasteiger partial charge in [-0.05, 0) is 41.9 Å². The zero-order chi connectivity index (χ0) is 23.7. The van der Waals surface area contributed by atoms with E-state index in [1.165, 1.54) is 18.2 Å². The summed E-state index contributed by atoms with van der Waals surface area (Å²) in [5, 5.41) is 2.30. The Balaban J connectivity index is 1.60. The number of likely N-dealkylation sites (tertiary alicyclic amines) is 1. The van der Waals surface area contributed by atoms with Gasteiger partial charge in [0.1, 0.15) is 33.0 Å². The molecular weight excluding hydrogens is 428 g/mol. The summed E-state index contributed by atoms with van der Waals surface area (Å²) < 4.78 is 29.3. The van der Waals surface area contributed by atoms with Gasteiger partial charge in [-0.2, -0.15) is 0 Å². The third-order valence-corrected chi connectivity index (χ3v) is 6.68. The molecule has 0 aliphatic carbocycles. The molecule has 0 spiro atoms. The van der Waals surface area contributed by atoms with Crippen molar-refractivity contribution < 1.29 is 13.6 Å². The number of piperidine rings is 1. The van der Waals surface area contributed by atoms with Crippen LogP contribution in [0.2, 0.25) is 5.02 Å². The molecule has 1 aromatic heterocycles. The lowest BCUT2D eigenvalue weighted by molar-refractivity contribution is 0.0291. The number of aromatic nitrogens is 2. The summed E-state index contributed by atoms with van der Waals surface area (Å²) in [4.78, 5) is 23.1. The summed E-state index contributed by atoms with van der Waals surface area (Å²) >= 11 is 5.79. The van der Waals surface area contributed by atoms with Crippen molar-refractivity contribution in [1.82, 2.24) is 20.2 Å². The minimum absolute atomic E-state index is 0.0289. The third kappa shape index (κ3) is 5.39. The summed E-state index contributed by atoms with van der Waals surface area (Å²) in [6.07, 6.45) is 4.01. The largest absolute Gasteiger partial charge is 0.338 e. The Hall–Kier alpha value is -1.80. The lowest BCUT2D eigenvalue weighted by Crippen LogP contribution is -2.65. The fraction of sp³-hybridized carbons (Fsp3) is 0.421. The maximum Gasteiger partial charge on any atom is 0.253 e. The standard InChI is InChI=1S/C19H26B5ClF2N4O/c20-18(21,22)12-8-28-15(29-9-12)10-30-19(23,24)17(27)3-5-31(6-4-17)16(32)11-1-2-14(26)13(25)7-11/h1-2,7-9,30H,3-6,10,20-24H2. The number of nitrogens with one attached hydrogen (secondary N) is 1. The molecule has 0 radical (unpaired) electrons. The smallest absolute Gasteiger partial charge is 0.253 e. The second-order valence-corrected chi connectivity index (χ2v) is 10.4. The first-order valence-electron chi connectivity index (χ1n) is 10.8. The van der Waals surface area contributed by atoms with Gasteiger partial charge >= 0.3 is 0 Å². The summed E-state index contributed by atoms with van der Waals surface area (Å²) in [6.45, 7) is 0.887. The van der Waals surface area contributed by atoms with E-state index in [1.54, 1.807) is 4.90 Å². The van der Waals surface area contributed by atoms with Crippen molar-refractivity contribution in [3.8, 4) is 0 Å². The fourth-order valence-electron chi connectivity index (χ4n) is 3.79. The second kappa shape index (κ2) is 9.22. The number of hydrogen-bond donors (Lipinski definition) is 1. The number of nitrogens with zero attached hydrogens (tertiary/aromatic N) is 3. The van der Waals surface area contributed by atoms with E-state index in [2.05, 4.69) is 38.8 Å². The Bertz CT molecular complexity index is 983. The number of amides is 1. The summed E-state index contributed by atoms with van der Waals surface area (Å²) in [6, 6.07) is 3.88. The Morgan fingerprint density at radius 2 is 1.75 bits per heavy atom. The van der Waals surface area contributed by atoms with Crippen molar-refractivity contribution in [1.29, 1.82) is 0 Å². The van der Waals surface area contributed by atoms with E-state index in [4.69, 9.17) is 11.6 Å². The van der Waals surface area contributed by atoms with Crippen LogP contribution in [0.15, 0.2) is 30.6 Å². The van der Waals surface area contributed by atoms with Gasteiger partial charge in [0.05, 0.1) is 35.1 Å². The lowest BCUT2D eigenvalue weighted by atomic mass is 9.40. The quantitative estimate of drug-likeness (QED) is 0.511. The Labute approximate surface area is 197 Å². The van der Waals surface area contributed by atoms with Crippen LogP contribution >= 0.6 is 11.6 Å². The van der Waals surface area contributed by atoms with E-state index in [0.717, 1.165) is 5.56 Å². The molecule has 3 rings (SSSR count). The highest BCUT2D eigenvalue weighted by Gasteiger charge is 2.47. The Morgan fingerprint density at radius 3 is 2.28 bits per heavy atom. The van der Waals surface area contributed by atoms with Crippen molar-refractivity contribution in [3.05, 3.63) is 58.4 Å². The molecule has 1 saturated heterocycles. The van der Waals surface area contributed by atoms with Gasteiger partial charge in [-0.15, -0.1) is 0 Å². The molecule has 164 valence electrons. The molecule has 1 aromatic carbocycles. The molecule has 0 atom stereocenters. The van der Waals surface area contributed by atoms with Crippen LogP contribution in [0.25, 0.3) is 0 Å². The number of alkyl halides is 1. The monoisotopic (exact) mass is 454 g/mol. The first-order valence-corrected chi connectivity index (χ1v) is 11.2. The van der Waals surface area contributed by atoms with E-state index in [-0.39, 0.29) is 42.0 Å². The second-order valence-electron chi connectivity index (χ2n) is 10.0. The summed E-state index contributed by atoms with van der Waals surface area (Å²) in [7, 11) is 9.95. The Morgan fingerprint density at radius 1 is 1.16 bits per heavy atom. The molecule has 5 nitrogen and oxygen atoms in total. The van der Waals surface area contributed by atoms with Crippen molar-refractivity contribution >= 4 is 56.7 Å². The molecule has 1 amide bonds. The molecule has 1 aliphatic rings. The first kappa shape index (κ1) is 24.8. The topological polar surface area (TPSA) is 58.1 Å². The van der Waals surface area contributed by atoms with Gasteiger partial charge in [0.2, 0.25) is 0 Å². The predicted molar refractivity (Wildman–Crippen MR) is 136 cm³/mol. The minimum Gasteiger partial charge on any atom is -0.338 e. The van der Waals surface area contributed by atoms with Gasteiger partial charge < -0.3 is 10.2 Å². The van der Waals surface area contributed by atoms with Gasteiger partial charge in [-0.25, -0.2) is 18.7 Å². The molecule has 1 aliphatic heterocycles. The SMILES string of the molecule is BC(B)(B)c1cnc(CNC(B)(B)C2(F)CCN(C(=O)c3ccc(F)c(Cl)c3)CC2)nc1. The minimum atomic E-state index is -1.50. The highest BCUT2D eigenvalue weighted by Crippen LogP contribution is 2.34. The molecule has 32 heavy (non-hydrogen) atoms. The van der Waals surface area contributed by atoms with Crippen LogP contribution in [0.4, 0.5) is 8.78 Å². The number of halogens is 3. The maximum atomic E-state index is 15.9. The maximum absolute atomic E-state index is 15.9. The predicted octanol–water partition coefficient (Wildman–Crippen LogP) is -2.07. The van der Waals surface area contributed by atoms with Crippen LogP contribution in [-0.4, -0.2) is 84.1 Å². The van der Waals surface area contributed by atoms with Gasteiger partial charge in [-0.3, -0.25) is 4.79 Å². The summed E-state index contributed by atoms with van der Waals surface area (Å²) in [5.41, 5.74) is -0.159. The molecule has 0 saturated carbocycles. The van der Waals surface area contributed by atoms with Crippen LogP contribution < -0.4 is 5.32 Å². The number of hydrogen-bond acceptors (Lipinski definition) is 4. The van der Waals surface area contributed by atoms with Crippen LogP contribution in [-0.2, 0) is 11.7 Å². The normalized spacial score (nSPS) is 16.7. The number of carbonyl (C=O) groups excluding carboxylic acids is 1. The van der Waals surface area contributed by atoms with Crippen LogP contribution in [0.1, 0.15) is 34.6 Å². The number of carbonyl (C=O) groups is 1. The molecular formula is C19H26B5ClF2N4O. The van der Waals surface area contributed by atoms with E-state index in [0.29, 0.717) is 17.9 Å². The van der Waals surface area contributed by atoms with Crippen LogP contribution in [0.3, 0.4) is 0 Å². The number of benzene rings is 1. The zero-order valence-corrected chi connectivity index (χ0v) is 20.1. The highest BCUT2D eigenvalue weighted by molar-refractivity contribution is 6.58. The molecule has 1 N–H and O–H groups in total. The van der Waals surface area contributed by atoms with Crippen molar-refractivity contribution in [2.75, 3.05) is 13.1 Å². The van der Waals surface area contributed by atoms with Gasteiger partial charge in [0, 0.05) is 31.0 Å². The zero-order valence-electron chi connectivity index (χ0n) is 19.3. The molecule has 2 heterocycles. The van der Waals surface area contributed by atoms with Crippen molar-refractivity contribution in [3.63, 3.8) is 0 Å². The van der Waals surface area contributed by atoms with Crippen LogP contribution in [0.5, 0.6) is 0 Å². The van der Waals surface area contributed by atoms with Crippen molar-refractivity contribution in [2.24, 2.45) is 0 Å². The average Bonchev–Trinajstić information content (AvgIpc) is 2.74. The average molecular weight is 454 g/mol. The summed E-state index contributed by atoms with van der Waals surface area (Å²) in [5.74, 6) is -0.239. The third-order valence-electron chi connectivity index (χ3n) is 6.39. The van der Waals surface area contributed by atoms with Crippen LogP contribution in [0, 0.1) is 5.82 Å². The molecule has 1 fully saturated rings. The molecule has 2 aromatic rings. The lowest BCUT2D eigenvalue weighted by Gasteiger charge is -2.46. The Kier molecular flexibility index (Phi) is 7.15. The van der Waals surface area contributed by atoms with E-state index in [9.17, 15) is 9.18 Å². The molecule has 0 unspecified atom stereocenters.